The SMILES string of the molecule is CC/C(C)=C(/C=C\C(=NC)c1ccccc1OC)N1CCC(NC(=O)Cc2cccc(F)c2)CC1. The van der Waals surface area contributed by atoms with Crippen molar-refractivity contribution in [3.05, 3.63) is 88.9 Å². The van der Waals surface area contributed by atoms with Crippen molar-refractivity contribution in [2.45, 2.75) is 45.6 Å². The number of carbonyl (C=O) groups is 1. The largest absolute Gasteiger partial charge is 0.496 e. The summed E-state index contributed by atoms with van der Waals surface area (Å²) in [6, 6.07) is 14.2. The molecule has 0 aromatic heterocycles. The van der Waals surface area contributed by atoms with Crippen LogP contribution in [0.2, 0.25) is 0 Å². The van der Waals surface area contributed by atoms with Gasteiger partial charge in [0, 0.05) is 37.4 Å². The summed E-state index contributed by atoms with van der Waals surface area (Å²) in [4.78, 5) is 19.3. The fraction of sp³-hybridized carbons (Fsp3) is 0.379. The van der Waals surface area contributed by atoms with E-state index in [1.54, 1.807) is 26.3 Å². The number of halogens is 1. The average Bonchev–Trinajstić information content (AvgIpc) is 2.87. The van der Waals surface area contributed by atoms with E-state index in [0.29, 0.717) is 5.56 Å². The van der Waals surface area contributed by atoms with Crippen LogP contribution in [0, 0.1) is 5.82 Å². The molecule has 5 nitrogen and oxygen atoms in total. The van der Waals surface area contributed by atoms with E-state index in [2.05, 4.69) is 41.2 Å². The Morgan fingerprint density at radius 3 is 2.57 bits per heavy atom. The molecule has 1 fully saturated rings. The van der Waals surface area contributed by atoms with Gasteiger partial charge in [-0.2, -0.15) is 0 Å². The van der Waals surface area contributed by atoms with Crippen LogP contribution in [0.1, 0.15) is 44.2 Å². The molecule has 0 spiro atoms. The smallest absolute Gasteiger partial charge is 0.224 e. The first-order chi connectivity index (χ1) is 16.9. The number of aliphatic imine (C=N–C) groups is 1. The molecule has 0 atom stereocenters. The van der Waals surface area contributed by atoms with Gasteiger partial charge in [-0.1, -0.05) is 36.8 Å². The highest BCUT2D eigenvalue weighted by Gasteiger charge is 2.22. The fourth-order valence-electron chi connectivity index (χ4n) is 4.37. The van der Waals surface area contributed by atoms with Crippen molar-refractivity contribution in [2.24, 2.45) is 4.99 Å². The van der Waals surface area contributed by atoms with Crippen LogP contribution < -0.4 is 10.1 Å². The number of allylic oxidation sites excluding steroid dienone is 3. The van der Waals surface area contributed by atoms with E-state index in [0.717, 1.165) is 49.4 Å². The number of rotatable bonds is 9. The molecule has 0 saturated carbocycles. The second-order valence-corrected chi connectivity index (χ2v) is 8.80. The summed E-state index contributed by atoms with van der Waals surface area (Å²) in [5.74, 6) is 0.421. The number of nitrogens with zero attached hydrogens (tertiary/aromatic N) is 2. The molecule has 35 heavy (non-hydrogen) atoms. The second kappa shape index (κ2) is 12.9. The Kier molecular flexibility index (Phi) is 9.65. The van der Waals surface area contributed by atoms with Gasteiger partial charge in [0.25, 0.3) is 0 Å². The number of hydrogen-bond donors (Lipinski definition) is 1. The normalized spacial score (nSPS) is 15.8. The highest BCUT2D eigenvalue weighted by atomic mass is 19.1. The van der Waals surface area contributed by atoms with E-state index < -0.39 is 0 Å². The summed E-state index contributed by atoms with van der Waals surface area (Å²) in [5, 5.41) is 3.13. The molecule has 0 radical (unpaired) electrons. The minimum absolute atomic E-state index is 0.0601. The van der Waals surface area contributed by atoms with Gasteiger partial charge >= 0.3 is 0 Å². The van der Waals surface area contributed by atoms with Crippen molar-refractivity contribution in [1.29, 1.82) is 0 Å². The first-order valence-corrected chi connectivity index (χ1v) is 12.2. The van der Waals surface area contributed by atoms with Gasteiger partial charge in [-0.15, -0.1) is 0 Å². The molecule has 186 valence electrons. The van der Waals surface area contributed by atoms with Crippen molar-refractivity contribution >= 4 is 11.6 Å². The minimum Gasteiger partial charge on any atom is -0.496 e. The molecule has 0 aliphatic carbocycles. The number of likely N-dealkylation sites (tertiary alicyclic amines) is 1. The zero-order valence-corrected chi connectivity index (χ0v) is 21.2. The predicted octanol–water partition coefficient (Wildman–Crippen LogP) is 5.32. The molecular formula is C29H36FN3O2. The molecule has 6 heteroatoms. The molecule has 1 N–H and O–H groups in total. The maximum Gasteiger partial charge on any atom is 0.224 e. The Balaban J connectivity index is 1.63. The summed E-state index contributed by atoms with van der Waals surface area (Å²) in [6.07, 6.45) is 7.09. The van der Waals surface area contributed by atoms with E-state index in [9.17, 15) is 9.18 Å². The standard InChI is InChI=1S/C29H36FN3O2/c1-5-21(2)27(14-13-26(31-3)25-11-6-7-12-28(25)35-4)33-17-15-24(16-18-33)32-29(34)20-22-9-8-10-23(30)19-22/h6-14,19,24H,5,15-18,20H2,1-4H3,(H,32,34)/b14-13-,27-21-,31-26?. The van der Waals surface area contributed by atoms with E-state index >= 15 is 0 Å². The molecule has 2 aromatic carbocycles. The van der Waals surface area contributed by atoms with Crippen LogP contribution in [0.25, 0.3) is 0 Å². The van der Waals surface area contributed by atoms with Crippen LogP contribution in [0.5, 0.6) is 5.75 Å². The first kappa shape index (κ1) is 26.2. The summed E-state index contributed by atoms with van der Waals surface area (Å²) in [7, 11) is 3.46. The molecule has 0 bridgehead atoms. The second-order valence-electron chi connectivity index (χ2n) is 8.80. The minimum atomic E-state index is -0.316. The lowest BCUT2D eigenvalue weighted by molar-refractivity contribution is -0.121. The van der Waals surface area contributed by atoms with Crippen LogP contribution in [-0.4, -0.2) is 49.8 Å². The lowest BCUT2D eigenvalue weighted by atomic mass is 10.0. The van der Waals surface area contributed by atoms with E-state index in [4.69, 9.17) is 4.74 Å². The van der Waals surface area contributed by atoms with Crippen molar-refractivity contribution < 1.29 is 13.9 Å². The van der Waals surface area contributed by atoms with Crippen LogP contribution in [0.15, 0.2) is 76.9 Å². The number of nitrogens with one attached hydrogen (secondary N) is 1. The van der Waals surface area contributed by atoms with Gasteiger partial charge in [0.1, 0.15) is 11.6 Å². The zero-order valence-electron chi connectivity index (χ0n) is 21.2. The van der Waals surface area contributed by atoms with Gasteiger partial charge in [-0.3, -0.25) is 9.79 Å². The van der Waals surface area contributed by atoms with E-state index in [1.165, 1.54) is 23.4 Å². The number of carbonyl (C=O) groups excluding carboxylic acids is 1. The maximum atomic E-state index is 13.4. The molecular weight excluding hydrogens is 441 g/mol. The average molecular weight is 478 g/mol. The Morgan fingerprint density at radius 2 is 1.91 bits per heavy atom. The maximum absolute atomic E-state index is 13.4. The molecule has 1 aliphatic heterocycles. The van der Waals surface area contributed by atoms with E-state index in [-0.39, 0.29) is 24.2 Å². The van der Waals surface area contributed by atoms with Gasteiger partial charge < -0.3 is 15.0 Å². The number of piperidine rings is 1. The lowest BCUT2D eigenvalue weighted by Crippen LogP contribution is -2.44. The summed E-state index contributed by atoms with van der Waals surface area (Å²) in [6.45, 7) is 6.04. The van der Waals surface area contributed by atoms with Crippen molar-refractivity contribution in [3.63, 3.8) is 0 Å². The zero-order chi connectivity index (χ0) is 25.2. The molecule has 2 aromatic rings. The van der Waals surface area contributed by atoms with Crippen LogP contribution in [-0.2, 0) is 11.2 Å². The van der Waals surface area contributed by atoms with Crippen LogP contribution >= 0.6 is 0 Å². The first-order valence-electron chi connectivity index (χ1n) is 12.2. The van der Waals surface area contributed by atoms with Crippen molar-refractivity contribution in [3.8, 4) is 5.75 Å². The molecule has 0 unspecified atom stereocenters. The summed E-state index contributed by atoms with van der Waals surface area (Å²) >= 11 is 0. The van der Waals surface area contributed by atoms with Gasteiger partial charge in [0.05, 0.1) is 19.2 Å². The fourth-order valence-corrected chi connectivity index (χ4v) is 4.37. The third kappa shape index (κ3) is 7.28. The summed E-state index contributed by atoms with van der Waals surface area (Å²) in [5.41, 5.74) is 5.03. The third-order valence-corrected chi connectivity index (χ3v) is 6.44. The molecule has 1 amide bonds. The number of ether oxygens (including phenoxy) is 1. The number of methoxy groups -OCH3 is 1. The molecule has 1 saturated heterocycles. The Morgan fingerprint density at radius 1 is 1.17 bits per heavy atom. The van der Waals surface area contributed by atoms with Crippen LogP contribution in [0.4, 0.5) is 4.39 Å². The highest BCUT2D eigenvalue weighted by Crippen LogP contribution is 2.23. The predicted molar refractivity (Wildman–Crippen MR) is 140 cm³/mol. The topological polar surface area (TPSA) is 53.9 Å². The van der Waals surface area contributed by atoms with Gasteiger partial charge in [0.2, 0.25) is 5.91 Å². The number of para-hydroxylation sites is 1. The van der Waals surface area contributed by atoms with Crippen molar-refractivity contribution in [2.75, 3.05) is 27.2 Å². The number of hydrogen-bond acceptors (Lipinski definition) is 4. The lowest BCUT2D eigenvalue weighted by Gasteiger charge is -2.35. The van der Waals surface area contributed by atoms with Gasteiger partial charge in [0.15, 0.2) is 0 Å². The monoisotopic (exact) mass is 477 g/mol. The quantitative estimate of drug-likeness (QED) is 0.393. The Labute approximate surface area is 208 Å². The van der Waals surface area contributed by atoms with Crippen molar-refractivity contribution in [1.82, 2.24) is 10.2 Å². The highest BCUT2D eigenvalue weighted by molar-refractivity contribution is 6.10. The Bertz CT molecular complexity index is 1100. The molecule has 3 rings (SSSR count). The van der Waals surface area contributed by atoms with Crippen LogP contribution in [0.3, 0.4) is 0 Å². The summed E-state index contributed by atoms with van der Waals surface area (Å²) < 4.78 is 18.9. The molecule has 1 heterocycles. The van der Waals surface area contributed by atoms with E-state index in [1.807, 2.05) is 24.3 Å². The van der Waals surface area contributed by atoms with Gasteiger partial charge in [-0.25, -0.2) is 4.39 Å². The van der Waals surface area contributed by atoms with Gasteiger partial charge in [-0.05, 0) is 68.2 Å². The Hall–Kier alpha value is -3.41. The number of amides is 1. The third-order valence-electron chi connectivity index (χ3n) is 6.44. The number of benzene rings is 2. The molecule has 1 aliphatic rings.